The summed E-state index contributed by atoms with van der Waals surface area (Å²) in [4.78, 5) is 4.98. The Morgan fingerprint density at radius 1 is 1.29 bits per heavy atom. The zero-order valence-corrected chi connectivity index (χ0v) is 10.7. The Labute approximate surface area is 103 Å². The minimum absolute atomic E-state index is 0.134. The van der Waals surface area contributed by atoms with Crippen LogP contribution in [0.3, 0.4) is 0 Å². The lowest BCUT2D eigenvalue weighted by atomic mass is 10.1. The molecule has 5 heteroatoms. The Morgan fingerprint density at radius 2 is 1.88 bits per heavy atom. The van der Waals surface area contributed by atoms with Gasteiger partial charge in [0.1, 0.15) is 5.84 Å². The lowest BCUT2D eigenvalue weighted by Crippen LogP contribution is -2.49. The first-order chi connectivity index (χ1) is 8.19. The number of nitrogens with zero attached hydrogens (tertiary/aromatic N) is 3. The molecular formula is C12H24N4O. The summed E-state index contributed by atoms with van der Waals surface area (Å²) in [6, 6.07) is 0. The Morgan fingerprint density at radius 3 is 2.41 bits per heavy atom. The molecule has 2 fully saturated rings. The van der Waals surface area contributed by atoms with Gasteiger partial charge >= 0.3 is 0 Å². The van der Waals surface area contributed by atoms with Crippen LogP contribution in [-0.4, -0.2) is 60.1 Å². The molecule has 1 saturated carbocycles. The van der Waals surface area contributed by atoms with Gasteiger partial charge in [0.05, 0.1) is 0 Å². The fourth-order valence-corrected chi connectivity index (χ4v) is 2.40. The van der Waals surface area contributed by atoms with Crippen LogP contribution in [0.2, 0.25) is 0 Å². The van der Waals surface area contributed by atoms with Gasteiger partial charge in [0.25, 0.3) is 0 Å². The number of oxime groups is 1. The summed E-state index contributed by atoms with van der Waals surface area (Å²) in [6.45, 7) is 8.74. The third-order valence-corrected chi connectivity index (χ3v) is 3.83. The Kier molecular flexibility index (Phi) is 4.23. The van der Waals surface area contributed by atoms with Gasteiger partial charge in [0, 0.05) is 45.2 Å². The fraction of sp³-hybridized carbons (Fsp3) is 0.917. The summed E-state index contributed by atoms with van der Waals surface area (Å²) >= 11 is 0. The molecule has 17 heavy (non-hydrogen) atoms. The molecule has 2 rings (SSSR count). The molecule has 1 heterocycles. The van der Waals surface area contributed by atoms with E-state index in [1.165, 1.54) is 32.5 Å². The van der Waals surface area contributed by atoms with Crippen LogP contribution in [-0.2, 0) is 0 Å². The maximum atomic E-state index is 8.62. The van der Waals surface area contributed by atoms with Crippen molar-refractivity contribution >= 4 is 5.84 Å². The zero-order chi connectivity index (χ0) is 12.3. The van der Waals surface area contributed by atoms with Gasteiger partial charge in [0.15, 0.2) is 0 Å². The van der Waals surface area contributed by atoms with E-state index in [0.29, 0.717) is 5.84 Å². The second kappa shape index (κ2) is 5.69. The lowest BCUT2D eigenvalue weighted by Gasteiger charge is -2.35. The summed E-state index contributed by atoms with van der Waals surface area (Å²) in [5.41, 5.74) is 5.60. The Hall–Kier alpha value is -0.810. The summed E-state index contributed by atoms with van der Waals surface area (Å²) in [6.07, 6.45) is 2.86. The minimum Gasteiger partial charge on any atom is -0.409 e. The molecule has 1 saturated heterocycles. The predicted octanol–water partition coefficient (Wildman–Crippen LogP) is 0.397. The van der Waals surface area contributed by atoms with E-state index >= 15 is 0 Å². The first-order valence-electron chi connectivity index (χ1n) is 6.61. The van der Waals surface area contributed by atoms with Crippen LogP contribution in [0.4, 0.5) is 0 Å². The molecule has 5 nitrogen and oxygen atoms in total. The first-order valence-corrected chi connectivity index (χ1v) is 6.61. The quantitative estimate of drug-likeness (QED) is 0.316. The van der Waals surface area contributed by atoms with E-state index in [4.69, 9.17) is 10.9 Å². The standard InChI is InChI=1S/C12H24N4O/c1-10(12(13)14-17)8-15-4-6-16(7-5-15)9-11-2-3-11/h10-11,17H,2-9H2,1H3,(H2,13,14). The van der Waals surface area contributed by atoms with Crippen molar-refractivity contribution < 1.29 is 5.21 Å². The molecule has 0 aromatic carbocycles. The van der Waals surface area contributed by atoms with Gasteiger partial charge in [-0.1, -0.05) is 12.1 Å². The molecule has 98 valence electrons. The van der Waals surface area contributed by atoms with Crippen LogP contribution in [0, 0.1) is 11.8 Å². The van der Waals surface area contributed by atoms with Crippen LogP contribution < -0.4 is 5.73 Å². The normalized spacial score (nSPS) is 26.1. The third-order valence-electron chi connectivity index (χ3n) is 3.83. The van der Waals surface area contributed by atoms with E-state index in [9.17, 15) is 0 Å². The van der Waals surface area contributed by atoms with E-state index in [2.05, 4.69) is 15.0 Å². The van der Waals surface area contributed by atoms with Crippen molar-refractivity contribution in [3.8, 4) is 0 Å². The van der Waals surface area contributed by atoms with Gasteiger partial charge in [-0.05, 0) is 18.8 Å². The summed E-state index contributed by atoms with van der Waals surface area (Å²) in [5.74, 6) is 1.46. The van der Waals surface area contributed by atoms with Gasteiger partial charge in [-0.2, -0.15) is 0 Å². The highest BCUT2D eigenvalue weighted by atomic mass is 16.4. The van der Waals surface area contributed by atoms with E-state index < -0.39 is 0 Å². The van der Waals surface area contributed by atoms with Gasteiger partial charge in [-0.15, -0.1) is 0 Å². The smallest absolute Gasteiger partial charge is 0.143 e. The number of rotatable bonds is 5. The first kappa shape index (κ1) is 12.6. The number of hydrogen-bond acceptors (Lipinski definition) is 4. The van der Waals surface area contributed by atoms with Crippen molar-refractivity contribution in [3.05, 3.63) is 0 Å². The van der Waals surface area contributed by atoms with E-state index in [0.717, 1.165) is 25.6 Å². The second-order valence-corrected chi connectivity index (χ2v) is 5.47. The van der Waals surface area contributed by atoms with Crippen molar-refractivity contribution in [3.63, 3.8) is 0 Å². The van der Waals surface area contributed by atoms with Crippen LogP contribution in [0.15, 0.2) is 5.16 Å². The molecule has 1 atom stereocenters. The molecular weight excluding hydrogens is 216 g/mol. The Bertz CT molecular complexity index is 270. The lowest BCUT2D eigenvalue weighted by molar-refractivity contribution is 0.123. The molecule has 0 bridgehead atoms. The average Bonchev–Trinajstić information content (AvgIpc) is 3.14. The molecule has 0 aromatic heterocycles. The molecule has 3 N–H and O–H groups in total. The van der Waals surface area contributed by atoms with Gasteiger partial charge < -0.3 is 20.7 Å². The topological polar surface area (TPSA) is 65.1 Å². The number of nitrogens with two attached hydrogens (primary N) is 1. The predicted molar refractivity (Wildman–Crippen MR) is 68.2 cm³/mol. The van der Waals surface area contributed by atoms with E-state index in [-0.39, 0.29) is 5.92 Å². The van der Waals surface area contributed by atoms with Crippen LogP contribution >= 0.6 is 0 Å². The second-order valence-electron chi connectivity index (χ2n) is 5.47. The molecule has 0 spiro atoms. The van der Waals surface area contributed by atoms with Gasteiger partial charge in [-0.25, -0.2) is 0 Å². The molecule has 0 radical (unpaired) electrons. The summed E-state index contributed by atoms with van der Waals surface area (Å²) < 4.78 is 0. The highest BCUT2D eigenvalue weighted by Crippen LogP contribution is 2.29. The van der Waals surface area contributed by atoms with E-state index in [1.54, 1.807) is 0 Å². The number of amidine groups is 1. The Balaban J connectivity index is 1.67. The monoisotopic (exact) mass is 240 g/mol. The maximum Gasteiger partial charge on any atom is 0.143 e. The minimum atomic E-state index is 0.134. The van der Waals surface area contributed by atoms with Gasteiger partial charge in [-0.3, -0.25) is 0 Å². The molecule has 0 amide bonds. The maximum absolute atomic E-state index is 8.62. The van der Waals surface area contributed by atoms with Crippen molar-refractivity contribution in [1.82, 2.24) is 9.80 Å². The van der Waals surface area contributed by atoms with Gasteiger partial charge in [0.2, 0.25) is 0 Å². The SMILES string of the molecule is CC(CN1CCN(CC2CC2)CC1)C(N)=NO. The van der Waals surface area contributed by atoms with Crippen LogP contribution in [0.25, 0.3) is 0 Å². The van der Waals surface area contributed by atoms with Crippen LogP contribution in [0.1, 0.15) is 19.8 Å². The molecule has 1 unspecified atom stereocenters. The highest BCUT2D eigenvalue weighted by Gasteiger charge is 2.26. The number of hydrogen-bond donors (Lipinski definition) is 2. The van der Waals surface area contributed by atoms with Crippen molar-refractivity contribution in [2.24, 2.45) is 22.7 Å². The zero-order valence-electron chi connectivity index (χ0n) is 10.7. The summed E-state index contributed by atoms with van der Waals surface area (Å²) in [7, 11) is 0. The third kappa shape index (κ3) is 3.85. The summed E-state index contributed by atoms with van der Waals surface area (Å²) in [5, 5.41) is 11.7. The van der Waals surface area contributed by atoms with Crippen molar-refractivity contribution in [2.75, 3.05) is 39.3 Å². The average molecular weight is 240 g/mol. The molecule has 1 aliphatic heterocycles. The molecule has 0 aromatic rings. The largest absolute Gasteiger partial charge is 0.409 e. The fourth-order valence-electron chi connectivity index (χ4n) is 2.40. The highest BCUT2D eigenvalue weighted by molar-refractivity contribution is 5.82. The van der Waals surface area contributed by atoms with Crippen molar-refractivity contribution in [1.29, 1.82) is 0 Å². The van der Waals surface area contributed by atoms with Crippen molar-refractivity contribution in [2.45, 2.75) is 19.8 Å². The molecule has 1 aliphatic carbocycles. The molecule has 2 aliphatic rings. The van der Waals surface area contributed by atoms with Crippen LogP contribution in [0.5, 0.6) is 0 Å². The number of piperazine rings is 1. The van der Waals surface area contributed by atoms with E-state index in [1.807, 2.05) is 6.92 Å².